The van der Waals surface area contributed by atoms with Gasteiger partial charge < -0.3 is 25.6 Å². The Morgan fingerprint density at radius 1 is 1.05 bits per heavy atom. The molecular weight excluding hydrogens is 544 g/mol. The van der Waals surface area contributed by atoms with Gasteiger partial charge in [0.2, 0.25) is 5.91 Å². The van der Waals surface area contributed by atoms with Crippen LogP contribution in [0.15, 0.2) is 61.1 Å². The van der Waals surface area contributed by atoms with Gasteiger partial charge in [-0.25, -0.2) is 9.97 Å². The van der Waals surface area contributed by atoms with Crippen LogP contribution in [0.1, 0.15) is 35.7 Å². The number of aryl methyl sites for hydroxylation is 1. The van der Waals surface area contributed by atoms with Crippen LogP contribution in [0.25, 0.3) is 16.9 Å². The van der Waals surface area contributed by atoms with Crippen LogP contribution in [0.4, 0.5) is 20.3 Å². The molecule has 42 heavy (non-hydrogen) atoms. The number of nitrogens with zero attached hydrogens (tertiary/aromatic N) is 5. The van der Waals surface area contributed by atoms with E-state index in [9.17, 15) is 18.4 Å². The second-order valence-corrected chi connectivity index (χ2v) is 10.2. The Morgan fingerprint density at radius 2 is 1.76 bits per heavy atom. The van der Waals surface area contributed by atoms with Crippen molar-refractivity contribution in [2.45, 2.75) is 39.3 Å². The Balaban J connectivity index is 1.27. The molecule has 1 aliphatic heterocycles. The standard InChI is InChI=1S/C30H33F2N7O3/c1-3-4-24(33)29(41)38-15-13-37(14-16-38)28(40)23-10-7-21(17-19(23)2)36-26-27-35-18-25(39(27)12-11-34-26)20-5-8-22(9-6-20)42-30(31)32/h5-12,17-18,24,30H,3-4,13-16,33H2,1-2H3,(H,34,36). The number of imidazole rings is 1. The van der Waals surface area contributed by atoms with E-state index in [0.29, 0.717) is 49.6 Å². The smallest absolute Gasteiger partial charge is 0.387 e. The number of carbonyl (C=O) groups is 2. The molecule has 1 atom stereocenters. The van der Waals surface area contributed by atoms with Crippen LogP contribution < -0.4 is 15.8 Å². The summed E-state index contributed by atoms with van der Waals surface area (Å²) in [7, 11) is 0. The first-order chi connectivity index (χ1) is 20.2. The lowest BCUT2D eigenvalue weighted by molar-refractivity contribution is -0.134. The van der Waals surface area contributed by atoms with Crippen molar-refractivity contribution in [2.75, 3.05) is 31.5 Å². The summed E-state index contributed by atoms with van der Waals surface area (Å²) in [6.07, 6.45) is 6.59. The van der Waals surface area contributed by atoms with Gasteiger partial charge in [0.05, 0.1) is 17.9 Å². The maximum Gasteiger partial charge on any atom is 0.387 e. The Kier molecular flexibility index (Phi) is 8.62. The molecule has 3 N–H and O–H groups in total. The van der Waals surface area contributed by atoms with Crippen molar-refractivity contribution in [3.63, 3.8) is 0 Å². The summed E-state index contributed by atoms with van der Waals surface area (Å²) in [5.41, 5.74) is 10.2. The van der Waals surface area contributed by atoms with Crippen molar-refractivity contribution < 1.29 is 23.1 Å². The van der Waals surface area contributed by atoms with Gasteiger partial charge in [-0.3, -0.25) is 14.0 Å². The van der Waals surface area contributed by atoms with E-state index in [2.05, 4.69) is 20.0 Å². The maximum atomic E-state index is 13.3. The summed E-state index contributed by atoms with van der Waals surface area (Å²) >= 11 is 0. The monoisotopic (exact) mass is 577 g/mol. The molecule has 10 nitrogen and oxygen atoms in total. The zero-order valence-electron chi connectivity index (χ0n) is 23.5. The molecular formula is C30H33F2N7O3. The van der Waals surface area contributed by atoms with Crippen molar-refractivity contribution >= 4 is 29.0 Å². The number of hydrogen-bond acceptors (Lipinski definition) is 7. The predicted molar refractivity (Wildman–Crippen MR) is 155 cm³/mol. The minimum absolute atomic E-state index is 0.0545. The molecule has 0 spiro atoms. The van der Waals surface area contributed by atoms with Crippen LogP contribution in [0.5, 0.6) is 5.75 Å². The predicted octanol–water partition coefficient (Wildman–Crippen LogP) is 4.46. The Morgan fingerprint density at radius 3 is 2.43 bits per heavy atom. The van der Waals surface area contributed by atoms with Gasteiger partial charge in [-0.2, -0.15) is 8.78 Å². The lowest BCUT2D eigenvalue weighted by Crippen LogP contribution is -2.54. The first kappa shape index (κ1) is 28.9. The maximum absolute atomic E-state index is 13.3. The Bertz CT molecular complexity index is 1570. The molecule has 1 saturated heterocycles. The van der Waals surface area contributed by atoms with E-state index in [1.165, 1.54) is 12.1 Å². The van der Waals surface area contributed by atoms with E-state index in [4.69, 9.17) is 5.73 Å². The number of nitrogens with one attached hydrogen (secondary N) is 1. The number of anilines is 2. The molecule has 1 unspecified atom stereocenters. The summed E-state index contributed by atoms with van der Waals surface area (Å²) in [4.78, 5) is 38.3. The number of aromatic nitrogens is 3. The molecule has 5 rings (SSSR count). The third kappa shape index (κ3) is 6.18. The van der Waals surface area contributed by atoms with E-state index < -0.39 is 12.7 Å². The van der Waals surface area contributed by atoms with Crippen LogP contribution in [-0.4, -0.2) is 74.8 Å². The number of alkyl halides is 2. The van der Waals surface area contributed by atoms with Crippen LogP contribution in [0, 0.1) is 6.92 Å². The lowest BCUT2D eigenvalue weighted by Gasteiger charge is -2.36. The number of fused-ring (bicyclic) bond motifs is 1. The van der Waals surface area contributed by atoms with Gasteiger partial charge in [-0.15, -0.1) is 0 Å². The fourth-order valence-corrected chi connectivity index (χ4v) is 5.12. The highest BCUT2D eigenvalue weighted by Crippen LogP contribution is 2.28. The van der Waals surface area contributed by atoms with Crippen molar-refractivity contribution in [1.29, 1.82) is 0 Å². The third-order valence-corrected chi connectivity index (χ3v) is 7.32. The van der Waals surface area contributed by atoms with E-state index in [0.717, 1.165) is 28.9 Å². The highest BCUT2D eigenvalue weighted by Gasteiger charge is 2.28. The Hall–Kier alpha value is -4.58. The van der Waals surface area contributed by atoms with Gasteiger partial charge in [0.1, 0.15) is 5.75 Å². The fraction of sp³-hybridized carbons (Fsp3) is 0.333. The summed E-state index contributed by atoms with van der Waals surface area (Å²) in [6, 6.07) is 11.3. The second kappa shape index (κ2) is 12.5. The number of benzene rings is 2. The van der Waals surface area contributed by atoms with Crippen molar-refractivity contribution in [1.82, 2.24) is 24.2 Å². The highest BCUT2D eigenvalue weighted by molar-refractivity contribution is 5.96. The van der Waals surface area contributed by atoms with Gasteiger partial charge in [0.25, 0.3) is 5.91 Å². The van der Waals surface area contributed by atoms with Crippen molar-refractivity contribution in [2.24, 2.45) is 5.73 Å². The van der Waals surface area contributed by atoms with E-state index in [1.807, 2.05) is 30.4 Å². The molecule has 2 aromatic heterocycles. The third-order valence-electron chi connectivity index (χ3n) is 7.32. The summed E-state index contributed by atoms with van der Waals surface area (Å²) < 4.78 is 31.3. The molecule has 220 valence electrons. The molecule has 0 bridgehead atoms. The number of carbonyl (C=O) groups excluding carboxylic acids is 2. The van der Waals surface area contributed by atoms with Crippen LogP contribution in [0.2, 0.25) is 0 Å². The first-order valence-corrected chi connectivity index (χ1v) is 13.8. The van der Waals surface area contributed by atoms with E-state index in [1.54, 1.807) is 46.6 Å². The first-order valence-electron chi connectivity index (χ1n) is 13.8. The van der Waals surface area contributed by atoms with Gasteiger partial charge in [-0.1, -0.05) is 13.3 Å². The number of piperazine rings is 1. The number of nitrogens with two attached hydrogens (primary N) is 1. The summed E-state index contributed by atoms with van der Waals surface area (Å²) in [6.45, 7) is 2.85. The topological polar surface area (TPSA) is 118 Å². The molecule has 0 saturated carbocycles. The minimum Gasteiger partial charge on any atom is -0.435 e. The minimum atomic E-state index is -2.88. The molecule has 2 aromatic carbocycles. The second-order valence-electron chi connectivity index (χ2n) is 10.2. The fourth-order valence-electron chi connectivity index (χ4n) is 5.12. The molecule has 1 aliphatic rings. The quantitative estimate of drug-likeness (QED) is 0.302. The number of amides is 2. The van der Waals surface area contributed by atoms with Crippen LogP contribution in [0.3, 0.4) is 0 Å². The zero-order chi connectivity index (χ0) is 29.8. The van der Waals surface area contributed by atoms with Gasteiger partial charge >= 0.3 is 6.61 Å². The zero-order valence-corrected chi connectivity index (χ0v) is 23.5. The largest absolute Gasteiger partial charge is 0.435 e. The van der Waals surface area contributed by atoms with Crippen LogP contribution in [-0.2, 0) is 4.79 Å². The molecule has 12 heteroatoms. The van der Waals surface area contributed by atoms with Crippen molar-refractivity contribution in [3.05, 3.63) is 72.2 Å². The summed E-state index contributed by atoms with van der Waals surface area (Å²) in [5, 5.41) is 3.29. The van der Waals surface area contributed by atoms with E-state index in [-0.39, 0.29) is 17.6 Å². The van der Waals surface area contributed by atoms with Crippen LogP contribution >= 0.6 is 0 Å². The number of halogens is 2. The Labute approximate surface area is 242 Å². The van der Waals surface area contributed by atoms with Gasteiger partial charge in [0.15, 0.2) is 11.5 Å². The summed E-state index contributed by atoms with van der Waals surface area (Å²) in [5.74, 6) is 0.462. The molecule has 4 aromatic rings. The molecule has 1 fully saturated rings. The highest BCUT2D eigenvalue weighted by atomic mass is 19.3. The van der Waals surface area contributed by atoms with Gasteiger partial charge in [-0.05, 0) is 61.4 Å². The number of hydrogen-bond donors (Lipinski definition) is 2. The average molecular weight is 578 g/mol. The molecule has 0 aliphatic carbocycles. The van der Waals surface area contributed by atoms with E-state index >= 15 is 0 Å². The normalized spacial score (nSPS) is 14.3. The van der Waals surface area contributed by atoms with Gasteiger partial charge in [0, 0.05) is 55.4 Å². The molecule has 2 amide bonds. The molecule has 3 heterocycles. The number of rotatable bonds is 9. The lowest BCUT2D eigenvalue weighted by atomic mass is 10.1. The average Bonchev–Trinajstić information content (AvgIpc) is 3.42. The number of ether oxygens (including phenoxy) is 1. The van der Waals surface area contributed by atoms with Crippen molar-refractivity contribution in [3.8, 4) is 17.0 Å². The SMILES string of the molecule is CCCC(N)C(=O)N1CCN(C(=O)c2ccc(Nc3nccn4c(-c5ccc(OC(F)F)cc5)cnc34)cc2C)CC1. The molecule has 0 radical (unpaired) electrons.